The molecule has 0 aromatic heterocycles. The van der Waals surface area contributed by atoms with Crippen LogP contribution in [-0.4, -0.2) is 26.7 Å². The molecule has 2 aromatic carbocycles. The highest BCUT2D eigenvalue weighted by atomic mass is 16.5. The quantitative estimate of drug-likeness (QED) is 0.669. The first-order chi connectivity index (χ1) is 12.2. The van der Waals surface area contributed by atoms with Gasteiger partial charge >= 0.3 is 0 Å². The van der Waals surface area contributed by atoms with Gasteiger partial charge in [-0.1, -0.05) is 24.3 Å². The molecule has 25 heavy (non-hydrogen) atoms. The van der Waals surface area contributed by atoms with Gasteiger partial charge in [-0.3, -0.25) is 4.79 Å². The topological polar surface area (TPSA) is 47.6 Å². The fraction of sp³-hybridized carbons (Fsp3) is 0.381. The average Bonchev–Trinajstić information content (AvgIpc) is 2.66. The lowest BCUT2D eigenvalue weighted by Crippen LogP contribution is -2.25. The van der Waals surface area contributed by atoms with Crippen LogP contribution in [0.5, 0.6) is 11.5 Å². The summed E-state index contributed by atoms with van der Waals surface area (Å²) in [7, 11) is 3.33. The zero-order valence-corrected chi connectivity index (χ0v) is 15.1. The van der Waals surface area contributed by atoms with Gasteiger partial charge in [0.1, 0.15) is 11.5 Å². The van der Waals surface area contributed by atoms with Crippen molar-refractivity contribution in [2.45, 2.75) is 32.1 Å². The third-order valence-corrected chi connectivity index (χ3v) is 4.15. The van der Waals surface area contributed by atoms with Crippen LogP contribution in [0.1, 0.15) is 30.4 Å². The van der Waals surface area contributed by atoms with Crippen molar-refractivity contribution in [1.29, 1.82) is 0 Å². The van der Waals surface area contributed by atoms with Crippen LogP contribution in [-0.2, 0) is 17.6 Å². The number of unbranched alkanes of at least 4 members (excludes halogenated alkanes) is 1. The molecule has 2 rings (SSSR count). The van der Waals surface area contributed by atoms with Gasteiger partial charge in [0.2, 0.25) is 5.91 Å². The Morgan fingerprint density at radius 1 is 0.880 bits per heavy atom. The summed E-state index contributed by atoms with van der Waals surface area (Å²) < 4.78 is 10.4. The molecule has 0 aliphatic rings. The molecule has 0 heterocycles. The molecule has 0 aliphatic carbocycles. The second-order valence-electron chi connectivity index (χ2n) is 6.01. The van der Waals surface area contributed by atoms with Gasteiger partial charge in [0.25, 0.3) is 0 Å². The maximum absolute atomic E-state index is 11.9. The minimum atomic E-state index is 0.123. The Hall–Kier alpha value is -2.49. The van der Waals surface area contributed by atoms with Gasteiger partial charge in [0.05, 0.1) is 14.2 Å². The Labute approximate surface area is 150 Å². The molecule has 0 bridgehead atoms. The van der Waals surface area contributed by atoms with E-state index in [2.05, 4.69) is 17.4 Å². The molecule has 1 N–H and O–H groups in total. The van der Waals surface area contributed by atoms with Crippen molar-refractivity contribution in [2.75, 3.05) is 20.8 Å². The summed E-state index contributed by atoms with van der Waals surface area (Å²) in [5.41, 5.74) is 2.44. The van der Waals surface area contributed by atoms with E-state index < -0.39 is 0 Å². The lowest BCUT2D eigenvalue weighted by Gasteiger charge is -2.07. The fourth-order valence-corrected chi connectivity index (χ4v) is 2.67. The van der Waals surface area contributed by atoms with Gasteiger partial charge in [-0.05, 0) is 61.1 Å². The van der Waals surface area contributed by atoms with Crippen molar-refractivity contribution in [3.63, 3.8) is 0 Å². The van der Waals surface area contributed by atoms with Gasteiger partial charge in [-0.2, -0.15) is 0 Å². The third-order valence-electron chi connectivity index (χ3n) is 4.15. The van der Waals surface area contributed by atoms with Crippen LogP contribution in [0.3, 0.4) is 0 Å². The first kappa shape index (κ1) is 18.8. The van der Waals surface area contributed by atoms with Gasteiger partial charge in [-0.15, -0.1) is 0 Å². The molecule has 0 saturated carbocycles. The lowest BCUT2D eigenvalue weighted by molar-refractivity contribution is -0.121. The Morgan fingerprint density at radius 3 is 2.36 bits per heavy atom. The third kappa shape index (κ3) is 6.87. The monoisotopic (exact) mass is 341 g/mol. The van der Waals surface area contributed by atoms with Crippen molar-refractivity contribution in [1.82, 2.24) is 5.32 Å². The number of hydrogen-bond donors (Lipinski definition) is 1. The van der Waals surface area contributed by atoms with Crippen LogP contribution < -0.4 is 14.8 Å². The van der Waals surface area contributed by atoms with Gasteiger partial charge in [-0.25, -0.2) is 0 Å². The SMILES string of the molecule is COc1ccc(CCCCC(=O)NCCc2cccc(OC)c2)cc1. The van der Waals surface area contributed by atoms with Gasteiger partial charge in [0.15, 0.2) is 0 Å². The molecule has 0 fully saturated rings. The predicted molar refractivity (Wildman–Crippen MR) is 100 cm³/mol. The molecule has 0 saturated heterocycles. The summed E-state index contributed by atoms with van der Waals surface area (Å²) in [4.78, 5) is 11.9. The Balaban J connectivity index is 1.58. The Kier molecular flexibility index (Phi) is 7.83. The van der Waals surface area contributed by atoms with E-state index in [9.17, 15) is 4.79 Å². The number of nitrogens with one attached hydrogen (secondary N) is 1. The van der Waals surface area contributed by atoms with E-state index in [1.807, 2.05) is 36.4 Å². The minimum Gasteiger partial charge on any atom is -0.497 e. The maximum atomic E-state index is 11.9. The second kappa shape index (κ2) is 10.4. The highest BCUT2D eigenvalue weighted by Crippen LogP contribution is 2.14. The molecule has 2 aromatic rings. The van der Waals surface area contributed by atoms with Crippen LogP contribution in [0.25, 0.3) is 0 Å². The molecule has 0 spiro atoms. The second-order valence-corrected chi connectivity index (χ2v) is 6.01. The molecule has 0 atom stereocenters. The molecule has 0 aliphatic heterocycles. The van der Waals surface area contributed by atoms with Crippen molar-refractivity contribution in [3.8, 4) is 11.5 Å². The molecule has 134 valence electrons. The van der Waals surface area contributed by atoms with E-state index >= 15 is 0 Å². The van der Waals surface area contributed by atoms with E-state index in [1.54, 1.807) is 14.2 Å². The van der Waals surface area contributed by atoms with Gasteiger partial charge < -0.3 is 14.8 Å². The minimum absolute atomic E-state index is 0.123. The average molecular weight is 341 g/mol. The zero-order chi connectivity index (χ0) is 17.9. The first-order valence-electron chi connectivity index (χ1n) is 8.74. The molecule has 0 unspecified atom stereocenters. The normalized spacial score (nSPS) is 10.3. The first-order valence-corrected chi connectivity index (χ1v) is 8.74. The van der Waals surface area contributed by atoms with E-state index in [-0.39, 0.29) is 5.91 Å². The van der Waals surface area contributed by atoms with E-state index in [4.69, 9.17) is 9.47 Å². The van der Waals surface area contributed by atoms with Crippen molar-refractivity contribution < 1.29 is 14.3 Å². The summed E-state index contributed by atoms with van der Waals surface area (Å²) in [5, 5.41) is 2.99. The standard InChI is InChI=1S/C21H27NO3/c1-24-19-12-10-17(11-13-19)6-3-4-9-21(23)22-15-14-18-7-5-8-20(16-18)25-2/h5,7-8,10-13,16H,3-4,6,9,14-15H2,1-2H3,(H,22,23). The zero-order valence-electron chi connectivity index (χ0n) is 15.1. The van der Waals surface area contributed by atoms with Crippen LogP contribution in [0.4, 0.5) is 0 Å². The number of carbonyl (C=O) groups excluding carboxylic acids is 1. The number of amides is 1. The molecule has 0 radical (unpaired) electrons. The Morgan fingerprint density at radius 2 is 1.64 bits per heavy atom. The summed E-state index contributed by atoms with van der Waals surface area (Å²) >= 11 is 0. The number of carbonyl (C=O) groups is 1. The van der Waals surface area contributed by atoms with Crippen LogP contribution in [0, 0.1) is 0 Å². The number of benzene rings is 2. The molecular weight excluding hydrogens is 314 g/mol. The highest BCUT2D eigenvalue weighted by molar-refractivity contribution is 5.75. The van der Waals surface area contributed by atoms with Crippen LogP contribution in [0.15, 0.2) is 48.5 Å². The molecule has 4 heteroatoms. The number of methoxy groups -OCH3 is 2. The smallest absolute Gasteiger partial charge is 0.220 e. The number of hydrogen-bond acceptors (Lipinski definition) is 3. The van der Waals surface area contributed by atoms with E-state index in [0.717, 1.165) is 37.2 Å². The highest BCUT2D eigenvalue weighted by Gasteiger charge is 2.02. The lowest BCUT2D eigenvalue weighted by atomic mass is 10.1. The van der Waals surface area contributed by atoms with Crippen molar-refractivity contribution in [3.05, 3.63) is 59.7 Å². The summed E-state index contributed by atoms with van der Waals surface area (Å²) in [5.74, 6) is 1.85. The largest absolute Gasteiger partial charge is 0.497 e. The number of aryl methyl sites for hydroxylation is 1. The molecular formula is C21H27NO3. The van der Waals surface area contributed by atoms with E-state index in [0.29, 0.717) is 13.0 Å². The summed E-state index contributed by atoms with van der Waals surface area (Å²) in [6.45, 7) is 0.657. The molecule has 4 nitrogen and oxygen atoms in total. The molecule has 1 amide bonds. The van der Waals surface area contributed by atoms with Crippen LogP contribution in [0.2, 0.25) is 0 Å². The van der Waals surface area contributed by atoms with Gasteiger partial charge in [0, 0.05) is 13.0 Å². The van der Waals surface area contributed by atoms with Crippen molar-refractivity contribution in [2.24, 2.45) is 0 Å². The maximum Gasteiger partial charge on any atom is 0.220 e. The van der Waals surface area contributed by atoms with Crippen molar-refractivity contribution >= 4 is 5.91 Å². The predicted octanol–water partition coefficient (Wildman–Crippen LogP) is 3.78. The summed E-state index contributed by atoms with van der Waals surface area (Å²) in [6.07, 6.45) is 4.29. The Bertz CT molecular complexity index is 652. The number of ether oxygens (including phenoxy) is 2. The summed E-state index contributed by atoms with van der Waals surface area (Å²) in [6, 6.07) is 16.0. The van der Waals surface area contributed by atoms with Crippen LogP contribution >= 0.6 is 0 Å². The fourth-order valence-electron chi connectivity index (χ4n) is 2.67. The number of rotatable bonds is 10. The van der Waals surface area contributed by atoms with E-state index in [1.165, 1.54) is 11.1 Å².